The number of phenols is 1. The smallest absolute Gasteiger partial charge is 0.273 e. The minimum Gasteiger partial charge on any atom is -0.508 e. The molecule has 174 valence electrons. The van der Waals surface area contributed by atoms with E-state index in [0.717, 1.165) is 12.1 Å². The van der Waals surface area contributed by atoms with E-state index < -0.39 is 68.7 Å². The van der Waals surface area contributed by atoms with Crippen LogP contribution < -0.4 is 5.73 Å². The normalized spacial score (nSPS) is 29.0. The summed E-state index contributed by atoms with van der Waals surface area (Å²) in [4.78, 5) is 50.6. The molecule has 4 atom stereocenters. The summed E-state index contributed by atoms with van der Waals surface area (Å²) in [7, 11) is 2.96. The number of nitrogens with two attached hydrogens (primary N) is 1. The Morgan fingerprint density at radius 3 is 2.42 bits per heavy atom. The van der Waals surface area contributed by atoms with E-state index in [1.54, 1.807) is 0 Å². The number of aliphatic hydroxyl groups excluding tert-OH is 2. The number of nitrogens with zero attached hydrogens (tertiary/aromatic N) is 2. The average molecular weight is 459 g/mol. The second-order valence-corrected chi connectivity index (χ2v) is 8.68. The molecular formula is C21H21N3O9. The number of fused-ring (bicyclic) bond motifs is 3. The minimum atomic E-state index is -2.75. The first kappa shape index (κ1) is 22.4. The summed E-state index contributed by atoms with van der Waals surface area (Å²) in [5.74, 6) is -7.96. The number of carbonyl (C=O) groups excluding carboxylic acids is 3. The van der Waals surface area contributed by atoms with Crippen molar-refractivity contribution >= 4 is 28.9 Å². The van der Waals surface area contributed by atoms with Gasteiger partial charge in [0, 0.05) is 23.1 Å². The van der Waals surface area contributed by atoms with Gasteiger partial charge in [-0.3, -0.25) is 29.4 Å². The fraction of sp³-hybridized carbons (Fsp3) is 0.381. The first-order valence-electron chi connectivity index (χ1n) is 9.98. The van der Waals surface area contributed by atoms with Gasteiger partial charge >= 0.3 is 0 Å². The number of primary amides is 1. The number of likely N-dealkylation sites (N-methyl/N-ethyl adjacent to an activating group) is 1. The quantitative estimate of drug-likeness (QED) is 0.230. The van der Waals surface area contributed by atoms with Gasteiger partial charge < -0.3 is 26.2 Å². The van der Waals surface area contributed by atoms with Crippen LogP contribution in [-0.4, -0.2) is 73.5 Å². The number of rotatable bonds is 3. The molecule has 12 heteroatoms. The van der Waals surface area contributed by atoms with Crippen molar-refractivity contribution in [2.24, 2.45) is 17.6 Å². The van der Waals surface area contributed by atoms with Crippen LogP contribution in [0, 0.1) is 22.0 Å². The summed E-state index contributed by atoms with van der Waals surface area (Å²) >= 11 is 0. The highest BCUT2D eigenvalue weighted by Crippen LogP contribution is 2.53. The number of nitro groups is 1. The molecule has 3 aliphatic carbocycles. The molecule has 12 nitrogen and oxygen atoms in total. The fourth-order valence-electron chi connectivity index (χ4n) is 5.40. The van der Waals surface area contributed by atoms with E-state index >= 15 is 0 Å². The minimum absolute atomic E-state index is 0.00520. The number of hydrogen-bond acceptors (Lipinski definition) is 10. The molecule has 0 bridgehead atoms. The molecule has 1 aromatic rings. The van der Waals surface area contributed by atoms with Crippen LogP contribution >= 0.6 is 0 Å². The zero-order valence-electron chi connectivity index (χ0n) is 17.6. The van der Waals surface area contributed by atoms with Gasteiger partial charge in [0.15, 0.2) is 11.4 Å². The van der Waals surface area contributed by atoms with E-state index in [1.807, 2.05) is 0 Å². The highest BCUT2D eigenvalue weighted by Gasteiger charge is 2.64. The Morgan fingerprint density at radius 2 is 1.88 bits per heavy atom. The molecule has 0 radical (unpaired) electrons. The van der Waals surface area contributed by atoms with Gasteiger partial charge in [-0.05, 0) is 38.9 Å². The molecule has 33 heavy (non-hydrogen) atoms. The molecule has 2 unspecified atom stereocenters. The van der Waals surface area contributed by atoms with Gasteiger partial charge in [0.2, 0.25) is 5.78 Å². The zero-order valence-corrected chi connectivity index (χ0v) is 17.6. The van der Waals surface area contributed by atoms with Gasteiger partial charge in [-0.2, -0.15) is 0 Å². The fourth-order valence-corrected chi connectivity index (χ4v) is 5.40. The van der Waals surface area contributed by atoms with E-state index in [9.17, 15) is 44.9 Å². The Hall–Kier alpha value is -3.77. The lowest BCUT2D eigenvalue weighted by Crippen LogP contribution is -2.65. The number of aliphatic hydroxyl groups is 3. The predicted molar refractivity (Wildman–Crippen MR) is 111 cm³/mol. The summed E-state index contributed by atoms with van der Waals surface area (Å²) < 4.78 is 0. The molecule has 4 rings (SSSR count). The Labute approximate surface area is 186 Å². The number of aromatic hydroxyl groups is 1. The lowest BCUT2D eigenvalue weighted by Gasteiger charge is -2.50. The van der Waals surface area contributed by atoms with Crippen molar-refractivity contribution in [3.05, 3.63) is 50.3 Å². The van der Waals surface area contributed by atoms with E-state index in [4.69, 9.17) is 5.73 Å². The zero-order chi connectivity index (χ0) is 24.6. The van der Waals surface area contributed by atoms with Gasteiger partial charge in [0.05, 0.1) is 16.5 Å². The molecule has 6 N–H and O–H groups in total. The second-order valence-electron chi connectivity index (χ2n) is 8.68. The molecule has 3 aliphatic rings. The average Bonchev–Trinajstić information content (AvgIpc) is 2.70. The van der Waals surface area contributed by atoms with E-state index in [-0.39, 0.29) is 35.2 Å². The maximum atomic E-state index is 13.6. The van der Waals surface area contributed by atoms with E-state index in [0.29, 0.717) is 0 Å². The third kappa shape index (κ3) is 2.80. The summed E-state index contributed by atoms with van der Waals surface area (Å²) in [6.07, 6.45) is -0.280. The van der Waals surface area contributed by atoms with Crippen LogP contribution in [0.4, 0.5) is 5.69 Å². The Kier molecular flexibility index (Phi) is 4.84. The van der Waals surface area contributed by atoms with Crippen LogP contribution in [0.15, 0.2) is 29.0 Å². The molecule has 1 saturated carbocycles. The molecule has 0 saturated heterocycles. The summed E-state index contributed by atoms with van der Waals surface area (Å²) in [5.41, 5.74) is 0.543. The van der Waals surface area contributed by atoms with Crippen molar-refractivity contribution in [2.45, 2.75) is 24.5 Å². The molecule has 1 amide bonds. The van der Waals surface area contributed by atoms with E-state index in [2.05, 4.69) is 0 Å². The van der Waals surface area contributed by atoms with Crippen LogP contribution in [0.3, 0.4) is 0 Å². The topological polar surface area (TPSA) is 205 Å². The third-order valence-electron chi connectivity index (χ3n) is 6.78. The number of nitro benzene ring substituents is 1. The SMILES string of the molecule is CN(C)[C@H]1C(=O)C(C(N)=O)=C(O)[C@]2(O)C(=O)C3=C(O)c4c(O)ccc([N+](=O)[O-])c4CC3CC12. The largest absolute Gasteiger partial charge is 0.508 e. The van der Waals surface area contributed by atoms with Gasteiger partial charge in [0.1, 0.15) is 22.8 Å². The van der Waals surface area contributed by atoms with Crippen LogP contribution in [-0.2, 0) is 20.8 Å². The van der Waals surface area contributed by atoms with Crippen LogP contribution in [0.25, 0.3) is 5.76 Å². The molecule has 0 aliphatic heterocycles. The molecular weight excluding hydrogens is 438 g/mol. The van der Waals surface area contributed by atoms with Crippen LogP contribution in [0.1, 0.15) is 17.5 Å². The van der Waals surface area contributed by atoms with Crippen molar-refractivity contribution in [1.29, 1.82) is 0 Å². The Bertz CT molecular complexity index is 1220. The number of carbonyl (C=O) groups is 3. The van der Waals surface area contributed by atoms with Crippen molar-refractivity contribution in [3.63, 3.8) is 0 Å². The Balaban J connectivity index is 2.00. The first-order chi connectivity index (χ1) is 15.3. The predicted octanol–water partition coefficient (Wildman–Crippen LogP) is -0.128. The molecule has 1 aromatic carbocycles. The van der Waals surface area contributed by atoms with Gasteiger partial charge in [0.25, 0.3) is 11.6 Å². The number of phenolic OH excluding ortho intramolecular Hbond substituents is 1. The van der Waals surface area contributed by atoms with Crippen LogP contribution in [0.5, 0.6) is 5.75 Å². The van der Waals surface area contributed by atoms with Gasteiger partial charge in [-0.15, -0.1) is 0 Å². The van der Waals surface area contributed by atoms with Crippen molar-refractivity contribution in [1.82, 2.24) is 4.90 Å². The standard InChI is InChI=1S/C21H21N3O9/c1-23(2)15-9-6-7-5-8-10(24(32)33)3-4-11(25)13(8)16(26)12(7)18(28)21(9,31)19(29)14(17(15)27)20(22)30/h3-4,7,9,15,25-26,29,31H,5-6H2,1-2H3,(H2,22,30)/t7?,9?,15-,21-/m1/s1. The number of amides is 1. The van der Waals surface area contributed by atoms with E-state index in [1.165, 1.54) is 19.0 Å². The van der Waals surface area contributed by atoms with Crippen molar-refractivity contribution in [3.8, 4) is 5.75 Å². The number of ketones is 2. The van der Waals surface area contributed by atoms with Gasteiger partial charge in [-0.1, -0.05) is 0 Å². The Morgan fingerprint density at radius 1 is 1.24 bits per heavy atom. The molecule has 1 fully saturated rings. The van der Waals surface area contributed by atoms with Crippen molar-refractivity contribution in [2.75, 3.05) is 14.1 Å². The molecule has 0 spiro atoms. The maximum absolute atomic E-state index is 13.6. The number of benzene rings is 1. The molecule has 0 aromatic heterocycles. The number of Topliss-reactive ketones (excluding diaryl/α,β-unsaturated/α-hetero) is 2. The highest BCUT2D eigenvalue weighted by molar-refractivity contribution is 6.24. The third-order valence-corrected chi connectivity index (χ3v) is 6.78. The number of hydrogen-bond donors (Lipinski definition) is 5. The van der Waals surface area contributed by atoms with Gasteiger partial charge in [-0.25, -0.2) is 0 Å². The molecule has 0 heterocycles. The van der Waals surface area contributed by atoms with Crippen LogP contribution in [0.2, 0.25) is 0 Å². The lowest BCUT2D eigenvalue weighted by atomic mass is 9.57. The summed E-state index contributed by atoms with van der Waals surface area (Å²) in [5, 5.41) is 54.8. The lowest BCUT2D eigenvalue weighted by molar-refractivity contribution is -0.385. The maximum Gasteiger partial charge on any atom is 0.273 e. The van der Waals surface area contributed by atoms with Crippen molar-refractivity contribution < 1.29 is 39.7 Å². The monoisotopic (exact) mass is 459 g/mol. The first-order valence-corrected chi connectivity index (χ1v) is 9.98. The summed E-state index contributed by atoms with van der Waals surface area (Å²) in [6.45, 7) is 0. The second kappa shape index (κ2) is 7.12. The highest BCUT2D eigenvalue weighted by atomic mass is 16.6. The summed E-state index contributed by atoms with van der Waals surface area (Å²) in [6, 6.07) is 0.859.